The summed E-state index contributed by atoms with van der Waals surface area (Å²) in [7, 11) is 0. The Labute approximate surface area is 163 Å². The number of benzene rings is 3. The van der Waals surface area contributed by atoms with Gasteiger partial charge in [-0.05, 0) is 18.2 Å². The van der Waals surface area contributed by atoms with Gasteiger partial charge in [-0.25, -0.2) is 9.97 Å². The van der Waals surface area contributed by atoms with E-state index >= 15 is 0 Å². The van der Waals surface area contributed by atoms with Crippen molar-refractivity contribution in [3.63, 3.8) is 0 Å². The lowest BCUT2D eigenvalue weighted by Crippen LogP contribution is -1.93. The van der Waals surface area contributed by atoms with Gasteiger partial charge in [0.2, 0.25) is 0 Å². The molecule has 0 saturated carbocycles. The molecule has 26 heavy (non-hydrogen) atoms. The average molecular weight is 417 g/mol. The monoisotopic (exact) mass is 416 g/mol. The predicted octanol–water partition coefficient (Wildman–Crippen LogP) is 6.94. The molecule has 0 aliphatic carbocycles. The van der Waals surface area contributed by atoms with E-state index in [2.05, 4.69) is 64.5 Å². The molecule has 0 unspecified atom stereocenters. The van der Waals surface area contributed by atoms with Crippen molar-refractivity contribution in [1.29, 1.82) is 0 Å². The number of rotatable bonds is 2. The molecule has 3 aromatic carbocycles. The summed E-state index contributed by atoms with van der Waals surface area (Å²) in [4.78, 5) is 11.1. The Morgan fingerprint density at radius 2 is 1.31 bits per heavy atom. The van der Waals surface area contributed by atoms with Crippen LogP contribution in [0.5, 0.6) is 0 Å². The van der Waals surface area contributed by atoms with E-state index in [1.54, 1.807) is 11.3 Å². The smallest absolute Gasteiger partial charge is 0.143 e. The number of nitrogens with zero attached hydrogens (tertiary/aromatic N) is 2. The molecule has 0 aliphatic heterocycles. The van der Waals surface area contributed by atoms with Gasteiger partial charge in [-0.1, -0.05) is 76.6 Å². The summed E-state index contributed by atoms with van der Waals surface area (Å²) in [6, 6.07) is 26.9. The molecule has 0 fully saturated rings. The van der Waals surface area contributed by atoms with Crippen LogP contribution in [-0.4, -0.2) is 9.97 Å². The van der Waals surface area contributed by atoms with Crippen LogP contribution in [0.25, 0.3) is 42.9 Å². The first-order valence-electron chi connectivity index (χ1n) is 8.30. The van der Waals surface area contributed by atoms with Crippen LogP contribution >= 0.6 is 27.3 Å². The third kappa shape index (κ3) is 2.62. The Bertz CT molecular complexity index is 1230. The lowest BCUT2D eigenvalue weighted by atomic mass is 10.0. The van der Waals surface area contributed by atoms with E-state index in [0.717, 1.165) is 37.3 Å². The van der Waals surface area contributed by atoms with Crippen LogP contribution < -0.4 is 0 Å². The van der Waals surface area contributed by atoms with Crippen molar-refractivity contribution in [2.24, 2.45) is 0 Å². The minimum absolute atomic E-state index is 0.919. The van der Waals surface area contributed by atoms with E-state index < -0.39 is 0 Å². The van der Waals surface area contributed by atoms with E-state index in [4.69, 9.17) is 9.97 Å². The van der Waals surface area contributed by atoms with Crippen LogP contribution in [0.3, 0.4) is 0 Å². The summed E-state index contributed by atoms with van der Waals surface area (Å²) in [5.41, 5.74) is 4.96. The Balaban J connectivity index is 1.86. The molecular formula is C22H13BrN2S. The molecule has 5 rings (SSSR count). The molecule has 0 saturated heterocycles. The van der Waals surface area contributed by atoms with E-state index in [-0.39, 0.29) is 0 Å². The molecule has 2 aromatic heterocycles. The number of aromatic nitrogens is 2. The van der Waals surface area contributed by atoms with Crippen LogP contribution in [-0.2, 0) is 0 Å². The highest BCUT2D eigenvalue weighted by molar-refractivity contribution is 9.10. The van der Waals surface area contributed by atoms with Gasteiger partial charge < -0.3 is 0 Å². The quantitative estimate of drug-likeness (QED) is 0.311. The molecular weight excluding hydrogens is 404 g/mol. The molecule has 0 spiro atoms. The van der Waals surface area contributed by atoms with E-state index in [1.165, 1.54) is 10.1 Å². The second kappa shape index (κ2) is 6.31. The van der Waals surface area contributed by atoms with Crippen molar-refractivity contribution in [1.82, 2.24) is 9.97 Å². The lowest BCUT2D eigenvalue weighted by Gasteiger charge is -2.09. The fourth-order valence-corrected chi connectivity index (χ4v) is 4.41. The van der Waals surface area contributed by atoms with E-state index in [0.29, 0.717) is 0 Å². The molecule has 0 aliphatic rings. The third-order valence-electron chi connectivity index (χ3n) is 4.38. The van der Waals surface area contributed by atoms with Gasteiger partial charge in [0.05, 0.1) is 11.4 Å². The standard InChI is InChI=1S/C22H13BrN2S/c23-16-12-10-15(11-13-16)20-19(14-6-2-1-3-7-14)24-21-17-8-4-5-9-18(17)26-22(21)25-20/h1-13H. The molecule has 0 N–H and O–H groups in total. The molecule has 124 valence electrons. The Morgan fingerprint density at radius 3 is 2.12 bits per heavy atom. The van der Waals surface area contributed by atoms with Crippen molar-refractivity contribution in [2.75, 3.05) is 0 Å². The highest BCUT2D eigenvalue weighted by atomic mass is 79.9. The molecule has 0 bridgehead atoms. The molecule has 0 radical (unpaired) electrons. The number of hydrogen-bond donors (Lipinski definition) is 0. The first-order chi connectivity index (χ1) is 12.8. The number of halogens is 1. The van der Waals surface area contributed by atoms with E-state index in [1.807, 2.05) is 30.3 Å². The highest BCUT2D eigenvalue weighted by Crippen LogP contribution is 2.37. The fourth-order valence-electron chi connectivity index (χ4n) is 3.13. The Hall–Kier alpha value is -2.56. The van der Waals surface area contributed by atoms with Gasteiger partial charge in [0.15, 0.2) is 0 Å². The number of fused-ring (bicyclic) bond motifs is 3. The van der Waals surface area contributed by atoms with Crippen molar-refractivity contribution in [3.05, 3.63) is 83.3 Å². The summed E-state index contributed by atoms with van der Waals surface area (Å²) in [5, 5.41) is 1.17. The summed E-state index contributed by atoms with van der Waals surface area (Å²) >= 11 is 5.21. The van der Waals surface area contributed by atoms with Gasteiger partial charge in [-0.3, -0.25) is 0 Å². The highest BCUT2D eigenvalue weighted by Gasteiger charge is 2.16. The van der Waals surface area contributed by atoms with Crippen molar-refractivity contribution in [2.45, 2.75) is 0 Å². The molecule has 2 nitrogen and oxygen atoms in total. The fraction of sp³-hybridized carbons (Fsp3) is 0. The van der Waals surface area contributed by atoms with Crippen LogP contribution in [0, 0.1) is 0 Å². The van der Waals surface area contributed by atoms with Crippen LogP contribution in [0.2, 0.25) is 0 Å². The minimum atomic E-state index is 0.919. The topological polar surface area (TPSA) is 25.8 Å². The molecule has 2 heterocycles. The van der Waals surface area contributed by atoms with Crippen LogP contribution in [0.4, 0.5) is 0 Å². The van der Waals surface area contributed by atoms with Crippen molar-refractivity contribution >= 4 is 47.7 Å². The zero-order valence-corrected chi connectivity index (χ0v) is 16.1. The summed E-state index contributed by atoms with van der Waals surface area (Å²) in [6.07, 6.45) is 0. The predicted molar refractivity (Wildman–Crippen MR) is 113 cm³/mol. The zero-order valence-electron chi connectivity index (χ0n) is 13.7. The van der Waals surface area contributed by atoms with Crippen LogP contribution in [0.15, 0.2) is 83.3 Å². The first-order valence-corrected chi connectivity index (χ1v) is 9.91. The first kappa shape index (κ1) is 15.7. The van der Waals surface area contributed by atoms with Gasteiger partial charge in [0.1, 0.15) is 10.3 Å². The largest absolute Gasteiger partial charge is 0.242 e. The third-order valence-corrected chi connectivity index (χ3v) is 5.96. The van der Waals surface area contributed by atoms with Crippen molar-refractivity contribution in [3.8, 4) is 22.5 Å². The van der Waals surface area contributed by atoms with Gasteiger partial charge in [-0.2, -0.15) is 0 Å². The average Bonchev–Trinajstić information content (AvgIpc) is 3.06. The lowest BCUT2D eigenvalue weighted by molar-refractivity contribution is 1.31. The van der Waals surface area contributed by atoms with Gasteiger partial charge >= 0.3 is 0 Å². The normalized spacial score (nSPS) is 11.3. The van der Waals surface area contributed by atoms with Gasteiger partial charge in [0, 0.05) is 25.7 Å². The summed E-state index contributed by atoms with van der Waals surface area (Å²) < 4.78 is 2.27. The number of hydrogen-bond acceptors (Lipinski definition) is 3. The Kier molecular flexibility index (Phi) is 3.80. The van der Waals surface area contributed by atoms with E-state index in [9.17, 15) is 0 Å². The maximum atomic E-state index is 5.07. The molecule has 5 aromatic rings. The van der Waals surface area contributed by atoms with Crippen LogP contribution in [0.1, 0.15) is 0 Å². The van der Waals surface area contributed by atoms with Gasteiger partial charge in [0.25, 0.3) is 0 Å². The van der Waals surface area contributed by atoms with Crippen molar-refractivity contribution < 1.29 is 0 Å². The molecule has 4 heteroatoms. The molecule has 0 amide bonds. The second-order valence-electron chi connectivity index (χ2n) is 6.05. The zero-order chi connectivity index (χ0) is 17.5. The maximum Gasteiger partial charge on any atom is 0.143 e. The molecule has 0 atom stereocenters. The SMILES string of the molecule is Brc1ccc(-c2nc3sc4ccccc4c3nc2-c2ccccc2)cc1. The maximum absolute atomic E-state index is 5.07. The van der Waals surface area contributed by atoms with Gasteiger partial charge in [-0.15, -0.1) is 11.3 Å². The second-order valence-corrected chi connectivity index (χ2v) is 7.99. The minimum Gasteiger partial charge on any atom is -0.242 e. The summed E-state index contributed by atoms with van der Waals surface area (Å²) in [6.45, 7) is 0. The Morgan fingerprint density at radius 1 is 0.654 bits per heavy atom. The summed E-state index contributed by atoms with van der Waals surface area (Å²) in [5.74, 6) is 0. The number of thiophene rings is 1.